The van der Waals surface area contributed by atoms with E-state index in [1.54, 1.807) is 18.3 Å². The second kappa shape index (κ2) is 8.45. The van der Waals surface area contributed by atoms with Crippen molar-refractivity contribution in [3.63, 3.8) is 0 Å². The number of nitrogens with zero attached hydrogens (tertiary/aromatic N) is 8. The van der Waals surface area contributed by atoms with E-state index in [4.69, 9.17) is 9.97 Å². The molecular weight excluding hydrogens is 459 g/mol. The lowest BCUT2D eigenvalue weighted by Gasteiger charge is -2.30. The van der Waals surface area contributed by atoms with E-state index >= 15 is 0 Å². The first kappa shape index (κ1) is 21.1. The van der Waals surface area contributed by atoms with Gasteiger partial charge >= 0.3 is 0 Å². The highest BCUT2D eigenvalue weighted by Gasteiger charge is 2.29. The number of anilines is 3. The first-order valence-electron chi connectivity index (χ1n) is 12.1. The Labute approximate surface area is 205 Å². The first-order chi connectivity index (χ1) is 17.7. The summed E-state index contributed by atoms with van der Waals surface area (Å²) in [4.78, 5) is 25.5. The summed E-state index contributed by atoms with van der Waals surface area (Å²) in [6.45, 7) is 3.61. The summed E-state index contributed by atoms with van der Waals surface area (Å²) < 4.78 is 15.2. The standard InChI is InChI=1S/C25H23FN10/c26-19-2-1-3-21-32-25(34-36(19)21)31-20-12-16(6-7-29-20)23-30-18-14-28-13-17(15-4-5-15)22(18)24(33-23)35-10-8-27-9-11-35/h1-3,6-7,12-15,27H,4-5,8-11H2,(H,29,31,34). The van der Waals surface area contributed by atoms with E-state index in [-0.39, 0.29) is 5.95 Å². The van der Waals surface area contributed by atoms with E-state index in [1.807, 2.05) is 24.5 Å². The van der Waals surface area contributed by atoms with E-state index < -0.39 is 5.95 Å². The third-order valence-corrected chi connectivity index (χ3v) is 6.62. The molecule has 1 aliphatic heterocycles. The minimum atomic E-state index is -0.487. The number of halogens is 1. The SMILES string of the molecule is Fc1cccc2nc(Nc3cc(-c4nc(N5CCNCC5)c5c(C6CC6)cncc5n4)ccn3)nn12. The second-order valence-corrected chi connectivity index (χ2v) is 9.11. The number of rotatable bonds is 5. The Bertz CT molecular complexity index is 1590. The zero-order chi connectivity index (χ0) is 24.1. The molecule has 1 saturated heterocycles. The zero-order valence-corrected chi connectivity index (χ0v) is 19.4. The summed E-state index contributed by atoms with van der Waals surface area (Å²) in [7, 11) is 0. The number of hydrogen-bond donors (Lipinski definition) is 2. The third-order valence-electron chi connectivity index (χ3n) is 6.62. The normalized spacial score (nSPS) is 16.1. The summed E-state index contributed by atoms with van der Waals surface area (Å²) in [5.74, 6) is 2.38. The zero-order valence-electron chi connectivity index (χ0n) is 19.4. The predicted octanol–water partition coefficient (Wildman–Crippen LogP) is 3.30. The van der Waals surface area contributed by atoms with Crippen molar-refractivity contribution in [1.82, 2.24) is 39.9 Å². The van der Waals surface area contributed by atoms with Crippen molar-refractivity contribution < 1.29 is 4.39 Å². The molecule has 0 unspecified atom stereocenters. The van der Waals surface area contributed by atoms with Crippen molar-refractivity contribution in [1.29, 1.82) is 0 Å². The molecule has 7 rings (SSSR count). The summed E-state index contributed by atoms with van der Waals surface area (Å²) >= 11 is 0. The molecule has 36 heavy (non-hydrogen) atoms. The van der Waals surface area contributed by atoms with Gasteiger partial charge in [0, 0.05) is 49.5 Å². The fourth-order valence-electron chi connectivity index (χ4n) is 4.71. The maximum atomic E-state index is 14.0. The largest absolute Gasteiger partial charge is 0.353 e. The number of nitrogens with one attached hydrogen (secondary N) is 2. The highest BCUT2D eigenvalue weighted by atomic mass is 19.1. The van der Waals surface area contributed by atoms with Crippen LogP contribution in [-0.2, 0) is 0 Å². The Balaban J connectivity index is 1.29. The Hall–Kier alpha value is -4.25. The van der Waals surface area contributed by atoms with Crippen LogP contribution in [-0.4, -0.2) is 60.7 Å². The molecule has 1 saturated carbocycles. The van der Waals surface area contributed by atoms with Gasteiger partial charge in [-0.15, -0.1) is 5.10 Å². The van der Waals surface area contributed by atoms with E-state index in [0.29, 0.717) is 23.2 Å². The van der Waals surface area contributed by atoms with Gasteiger partial charge in [0.15, 0.2) is 11.5 Å². The fraction of sp³-hybridized carbons (Fsp3) is 0.280. The minimum Gasteiger partial charge on any atom is -0.353 e. The Morgan fingerprint density at radius 2 is 1.92 bits per heavy atom. The number of aromatic nitrogens is 7. The van der Waals surface area contributed by atoms with Gasteiger partial charge in [-0.2, -0.15) is 13.9 Å². The van der Waals surface area contributed by atoms with E-state index in [2.05, 4.69) is 35.6 Å². The van der Waals surface area contributed by atoms with Gasteiger partial charge < -0.3 is 15.5 Å². The molecule has 2 fully saturated rings. The molecule has 0 radical (unpaired) electrons. The number of piperazine rings is 1. The van der Waals surface area contributed by atoms with Gasteiger partial charge in [0.1, 0.15) is 11.6 Å². The van der Waals surface area contributed by atoms with Crippen LogP contribution in [0.3, 0.4) is 0 Å². The lowest BCUT2D eigenvalue weighted by molar-refractivity contribution is 0.545. The molecule has 2 N–H and O–H groups in total. The molecule has 1 aliphatic carbocycles. The van der Waals surface area contributed by atoms with Gasteiger partial charge in [0.05, 0.1) is 11.7 Å². The topological polar surface area (TPSA) is 109 Å². The van der Waals surface area contributed by atoms with Crippen molar-refractivity contribution in [2.45, 2.75) is 18.8 Å². The van der Waals surface area contributed by atoms with E-state index in [9.17, 15) is 4.39 Å². The van der Waals surface area contributed by atoms with Crippen molar-refractivity contribution in [2.75, 3.05) is 36.4 Å². The van der Waals surface area contributed by atoms with Crippen molar-refractivity contribution in [3.8, 4) is 11.4 Å². The molecule has 0 aromatic carbocycles. The van der Waals surface area contributed by atoms with Gasteiger partial charge in [0.25, 0.3) is 0 Å². The van der Waals surface area contributed by atoms with Crippen LogP contribution < -0.4 is 15.5 Å². The molecule has 6 heterocycles. The van der Waals surface area contributed by atoms with Gasteiger partial charge in [0.2, 0.25) is 11.9 Å². The van der Waals surface area contributed by atoms with Crippen LogP contribution in [0.25, 0.3) is 27.9 Å². The quantitative estimate of drug-likeness (QED) is 0.365. The first-order valence-corrected chi connectivity index (χ1v) is 12.1. The van der Waals surface area contributed by atoms with Crippen LogP contribution in [0.1, 0.15) is 24.3 Å². The molecule has 2 aliphatic rings. The van der Waals surface area contributed by atoms with Crippen LogP contribution in [0.4, 0.5) is 22.0 Å². The number of fused-ring (bicyclic) bond motifs is 2. The smallest absolute Gasteiger partial charge is 0.248 e. The highest BCUT2D eigenvalue weighted by Crippen LogP contribution is 2.44. The predicted molar refractivity (Wildman–Crippen MR) is 134 cm³/mol. The van der Waals surface area contributed by atoms with Crippen molar-refractivity contribution in [2.24, 2.45) is 0 Å². The maximum Gasteiger partial charge on any atom is 0.248 e. The van der Waals surface area contributed by atoms with Gasteiger partial charge in [-0.3, -0.25) is 4.98 Å². The Morgan fingerprint density at radius 1 is 1.03 bits per heavy atom. The molecule has 180 valence electrons. The van der Waals surface area contributed by atoms with E-state index in [0.717, 1.165) is 53.0 Å². The van der Waals surface area contributed by atoms with Crippen molar-refractivity contribution >= 4 is 34.1 Å². The van der Waals surface area contributed by atoms with Gasteiger partial charge in [-0.05, 0) is 48.6 Å². The molecule has 10 nitrogen and oxygen atoms in total. The van der Waals surface area contributed by atoms with Crippen molar-refractivity contribution in [3.05, 3.63) is 60.4 Å². The van der Waals surface area contributed by atoms with Crippen LogP contribution >= 0.6 is 0 Å². The lowest BCUT2D eigenvalue weighted by Crippen LogP contribution is -2.44. The van der Waals surface area contributed by atoms with Gasteiger partial charge in [-0.1, -0.05) is 6.07 Å². The summed E-state index contributed by atoms with van der Waals surface area (Å²) in [5, 5.41) is 11.8. The molecule has 5 aromatic rings. The molecular formula is C25H23FN10. The van der Waals surface area contributed by atoms with Gasteiger partial charge in [-0.25, -0.2) is 15.0 Å². The number of hydrogen-bond acceptors (Lipinski definition) is 9. The molecule has 11 heteroatoms. The van der Waals surface area contributed by atoms with Crippen LogP contribution in [0, 0.1) is 5.95 Å². The molecule has 0 amide bonds. The summed E-state index contributed by atoms with van der Waals surface area (Å²) in [6.07, 6.45) is 7.86. The third kappa shape index (κ3) is 3.77. The lowest BCUT2D eigenvalue weighted by atomic mass is 10.1. The molecule has 0 spiro atoms. The second-order valence-electron chi connectivity index (χ2n) is 9.11. The number of pyridine rings is 3. The molecule has 5 aromatic heterocycles. The molecule has 0 atom stereocenters. The molecule has 0 bridgehead atoms. The van der Waals surface area contributed by atoms with Crippen LogP contribution in [0.2, 0.25) is 0 Å². The van der Waals surface area contributed by atoms with Crippen LogP contribution in [0.5, 0.6) is 0 Å². The minimum absolute atomic E-state index is 0.254. The Kier molecular flexibility index (Phi) is 4.95. The fourth-order valence-corrected chi connectivity index (χ4v) is 4.71. The summed E-state index contributed by atoms with van der Waals surface area (Å²) in [5.41, 5.74) is 3.31. The maximum absolute atomic E-state index is 14.0. The Morgan fingerprint density at radius 3 is 2.75 bits per heavy atom. The highest BCUT2D eigenvalue weighted by molar-refractivity contribution is 5.94. The average Bonchev–Trinajstić information content (AvgIpc) is 3.68. The summed E-state index contributed by atoms with van der Waals surface area (Å²) in [6, 6.07) is 8.35. The monoisotopic (exact) mass is 482 g/mol. The average molecular weight is 483 g/mol. The van der Waals surface area contributed by atoms with E-state index in [1.165, 1.54) is 24.5 Å². The van der Waals surface area contributed by atoms with Crippen LogP contribution in [0.15, 0.2) is 48.9 Å².